The van der Waals surface area contributed by atoms with Crippen LogP contribution in [0.2, 0.25) is 0 Å². The van der Waals surface area contributed by atoms with Gasteiger partial charge in [-0.25, -0.2) is 4.98 Å². The fraction of sp³-hybridized carbons (Fsp3) is 0. The number of anilines is 2. The Kier molecular flexibility index (Phi) is 5.89. The maximum absolute atomic E-state index is 7.23. The topological polar surface area (TPSA) is 39.6 Å². The molecule has 2 aliphatic rings. The molecule has 260 valence electrons. The van der Waals surface area contributed by atoms with Crippen molar-refractivity contribution >= 4 is 78.8 Å². The summed E-state index contributed by atoms with van der Waals surface area (Å²) in [7, 11) is 0. The van der Waals surface area contributed by atoms with Gasteiger partial charge in [0.15, 0.2) is 0 Å². The zero-order valence-electron chi connectivity index (χ0n) is 30.0. The maximum atomic E-state index is 7.23. The average Bonchev–Trinajstić information content (AvgIpc) is 3.91. The van der Waals surface area contributed by atoms with Crippen molar-refractivity contribution in [3.05, 3.63) is 182 Å². The summed E-state index contributed by atoms with van der Waals surface area (Å²) in [5.41, 5.74) is 15.6. The Labute approximate surface area is 321 Å². The molecule has 0 bridgehead atoms. The lowest BCUT2D eigenvalue weighted by Crippen LogP contribution is -2.59. The SMILES string of the molecule is c1ccc(N2B3c4ccc(-n5c6ccccc6c6ccccc65)cc4Oc4cc(-n5c6ccccc6n6c7ccccc7nc56)cc(c43)-c3ccccc32)cc1. The Balaban J connectivity index is 1.10. The molecule has 0 fully saturated rings. The van der Waals surface area contributed by atoms with E-state index in [1.54, 1.807) is 0 Å². The molecular weight excluding hydrogens is 685 g/mol. The summed E-state index contributed by atoms with van der Waals surface area (Å²) in [5.74, 6) is 2.56. The van der Waals surface area contributed by atoms with Crippen molar-refractivity contribution in [2.45, 2.75) is 0 Å². The molecule has 0 saturated heterocycles. The minimum Gasteiger partial charge on any atom is -0.458 e. The summed E-state index contributed by atoms with van der Waals surface area (Å²) in [6.45, 7) is -0.127. The largest absolute Gasteiger partial charge is 0.458 e. The standard InChI is InChI=1S/C49H30BN5O/c1-2-14-31(15-3-1)55-42-22-10-6-18-36(42)37-28-33(53-44-24-12-13-25-45(44)54-43-23-11-7-19-39(43)51-49(53)54)30-47-48(37)50(55)38-27-26-32(29-46(38)56-47)52-40-20-8-4-16-34(40)35-17-5-9-21-41(35)52/h1-30H. The van der Waals surface area contributed by atoms with Gasteiger partial charge in [-0.3, -0.25) is 8.97 Å². The second-order valence-corrected chi connectivity index (χ2v) is 14.8. The van der Waals surface area contributed by atoms with Gasteiger partial charge in [0.25, 0.3) is 0 Å². The van der Waals surface area contributed by atoms with Crippen LogP contribution in [0.15, 0.2) is 182 Å². The van der Waals surface area contributed by atoms with E-state index in [-0.39, 0.29) is 6.85 Å². The lowest BCUT2D eigenvalue weighted by molar-refractivity contribution is 0.487. The van der Waals surface area contributed by atoms with Gasteiger partial charge >= 0.3 is 6.85 Å². The highest BCUT2D eigenvalue weighted by Gasteiger charge is 2.44. The predicted octanol–water partition coefficient (Wildman–Crippen LogP) is 10.6. The molecule has 56 heavy (non-hydrogen) atoms. The molecule has 11 aromatic rings. The summed E-state index contributed by atoms with van der Waals surface area (Å²) in [6, 6.07) is 65.2. The van der Waals surface area contributed by atoms with Crippen molar-refractivity contribution in [2.24, 2.45) is 0 Å². The lowest BCUT2D eigenvalue weighted by atomic mass is 9.44. The first-order valence-electron chi connectivity index (χ1n) is 19.1. The predicted molar refractivity (Wildman–Crippen MR) is 229 cm³/mol. The smallest absolute Gasteiger partial charge is 0.336 e. The fourth-order valence-corrected chi connectivity index (χ4v) is 9.58. The third-order valence-corrected chi connectivity index (χ3v) is 11.9. The van der Waals surface area contributed by atoms with Crippen molar-refractivity contribution < 1.29 is 4.74 Å². The molecule has 0 amide bonds. The molecule has 0 atom stereocenters. The Morgan fingerprint density at radius 3 is 1.89 bits per heavy atom. The van der Waals surface area contributed by atoms with E-state index in [4.69, 9.17) is 9.72 Å². The van der Waals surface area contributed by atoms with Crippen molar-refractivity contribution in [3.63, 3.8) is 0 Å². The Bertz CT molecular complexity index is 3380. The molecule has 0 saturated carbocycles. The maximum Gasteiger partial charge on any atom is 0.336 e. The highest BCUT2D eigenvalue weighted by atomic mass is 16.5. The van der Waals surface area contributed by atoms with E-state index < -0.39 is 0 Å². The van der Waals surface area contributed by atoms with Gasteiger partial charge in [0.05, 0.1) is 38.8 Å². The first-order chi connectivity index (χ1) is 27.8. The molecule has 3 aromatic heterocycles. The summed E-state index contributed by atoms with van der Waals surface area (Å²) < 4.78 is 14.2. The number of nitrogens with zero attached hydrogens (tertiary/aromatic N) is 5. The van der Waals surface area contributed by atoms with Gasteiger partial charge in [0.1, 0.15) is 11.5 Å². The van der Waals surface area contributed by atoms with Crippen molar-refractivity contribution in [3.8, 4) is 34.0 Å². The minimum absolute atomic E-state index is 0.127. The Morgan fingerprint density at radius 2 is 1.09 bits per heavy atom. The van der Waals surface area contributed by atoms with Crippen LogP contribution in [0.3, 0.4) is 0 Å². The number of aromatic nitrogens is 4. The van der Waals surface area contributed by atoms with E-state index in [2.05, 4.69) is 200 Å². The van der Waals surface area contributed by atoms with Gasteiger partial charge in [0.2, 0.25) is 5.78 Å². The van der Waals surface area contributed by atoms with Gasteiger partial charge in [0, 0.05) is 51.0 Å². The Hall–Kier alpha value is -7.51. The van der Waals surface area contributed by atoms with E-state index >= 15 is 0 Å². The van der Waals surface area contributed by atoms with E-state index in [1.165, 1.54) is 27.4 Å². The van der Waals surface area contributed by atoms with E-state index in [0.29, 0.717) is 0 Å². The number of fused-ring (bicyclic) bond motifs is 12. The monoisotopic (exact) mass is 715 g/mol. The molecule has 5 heterocycles. The summed E-state index contributed by atoms with van der Waals surface area (Å²) in [4.78, 5) is 7.71. The van der Waals surface area contributed by atoms with Gasteiger partial charge in [-0.1, -0.05) is 103 Å². The first-order valence-corrected chi connectivity index (χ1v) is 19.1. The second-order valence-electron chi connectivity index (χ2n) is 14.8. The normalized spacial score (nSPS) is 13.1. The van der Waals surface area contributed by atoms with Gasteiger partial charge < -0.3 is 14.1 Å². The van der Waals surface area contributed by atoms with E-state index in [9.17, 15) is 0 Å². The molecule has 6 nitrogen and oxygen atoms in total. The molecule has 2 aliphatic heterocycles. The fourth-order valence-electron chi connectivity index (χ4n) is 9.58. The molecule has 7 heteroatoms. The first kappa shape index (κ1) is 29.9. The number of imidazole rings is 2. The number of ether oxygens (including phenoxy) is 1. The third kappa shape index (κ3) is 3.93. The number of benzene rings is 8. The van der Waals surface area contributed by atoms with Crippen LogP contribution in [0, 0.1) is 0 Å². The van der Waals surface area contributed by atoms with Crippen LogP contribution in [0.5, 0.6) is 11.5 Å². The number of para-hydroxylation sites is 8. The number of hydrogen-bond donors (Lipinski definition) is 0. The second kappa shape index (κ2) is 11.0. The van der Waals surface area contributed by atoms with E-state index in [0.717, 1.165) is 78.6 Å². The molecular formula is C49H30BN5O. The van der Waals surface area contributed by atoms with Crippen molar-refractivity contribution in [1.29, 1.82) is 0 Å². The summed E-state index contributed by atoms with van der Waals surface area (Å²) in [5, 5.41) is 2.47. The molecule has 0 aliphatic carbocycles. The minimum atomic E-state index is -0.127. The molecule has 0 N–H and O–H groups in total. The zero-order valence-corrected chi connectivity index (χ0v) is 30.0. The Morgan fingerprint density at radius 1 is 0.446 bits per heavy atom. The quantitative estimate of drug-likeness (QED) is 0.171. The molecule has 0 spiro atoms. The van der Waals surface area contributed by atoms with Crippen molar-refractivity contribution in [2.75, 3.05) is 4.81 Å². The van der Waals surface area contributed by atoms with Crippen LogP contribution in [-0.2, 0) is 0 Å². The highest BCUT2D eigenvalue weighted by Crippen LogP contribution is 2.46. The summed E-state index contributed by atoms with van der Waals surface area (Å²) in [6.07, 6.45) is 0. The van der Waals surface area contributed by atoms with Crippen LogP contribution >= 0.6 is 0 Å². The molecule has 0 radical (unpaired) electrons. The number of rotatable bonds is 3. The van der Waals surface area contributed by atoms with Gasteiger partial charge in [-0.2, -0.15) is 0 Å². The average molecular weight is 716 g/mol. The van der Waals surface area contributed by atoms with Crippen LogP contribution in [-0.4, -0.2) is 25.4 Å². The van der Waals surface area contributed by atoms with Crippen molar-refractivity contribution in [1.82, 2.24) is 18.5 Å². The summed E-state index contributed by atoms with van der Waals surface area (Å²) >= 11 is 0. The third-order valence-electron chi connectivity index (χ3n) is 11.9. The molecule has 13 rings (SSSR count). The van der Waals surface area contributed by atoms with Crippen LogP contribution in [0.1, 0.15) is 0 Å². The van der Waals surface area contributed by atoms with Crippen LogP contribution in [0.25, 0.3) is 72.2 Å². The zero-order chi connectivity index (χ0) is 36.5. The van der Waals surface area contributed by atoms with Crippen LogP contribution in [0.4, 0.5) is 11.4 Å². The van der Waals surface area contributed by atoms with Gasteiger partial charge in [-0.05, 0) is 77.8 Å². The molecule has 0 unspecified atom stereocenters. The van der Waals surface area contributed by atoms with Gasteiger partial charge in [-0.15, -0.1) is 0 Å². The lowest BCUT2D eigenvalue weighted by Gasteiger charge is -2.42. The molecule has 8 aromatic carbocycles. The van der Waals surface area contributed by atoms with E-state index in [1.807, 2.05) is 0 Å². The number of hydrogen-bond acceptors (Lipinski definition) is 3. The van der Waals surface area contributed by atoms with Crippen LogP contribution < -0.4 is 20.5 Å². The highest BCUT2D eigenvalue weighted by molar-refractivity contribution is 6.92.